The van der Waals surface area contributed by atoms with Gasteiger partial charge in [0.15, 0.2) is 5.76 Å². The zero-order chi connectivity index (χ0) is 16.1. The third-order valence-corrected chi connectivity index (χ3v) is 3.71. The summed E-state index contributed by atoms with van der Waals surface area (Å²) in [7, 11) is 0. The first-order valence-electron chi connectivity index (χ1n) is 7.69. The summed E-state index contributed by atoms with van der Waals surface area (Å²) >= 11 is 0. The Morgan fingerprint density at radius 2 is 2.08 bits per heavy atom. The lowest BCUT2D eigenvalue weighted by atomic mass is 10.1. The quantitative estimate of drug-likeness (QED) is 0.866. The minimum absolute atomic E-state index is 0. The number of ether oxygens (including phenoxy) is 1. The van der Waals surface area contributed by atoms with Gasteiger partial charge in [-0.05, 0) is 55.8 Å². The van der Waals surface area contributed by atoms with E-state index in [1.807, 2.05) is 0 Å². The molecule has 0 aliphatic carbocycles. The Hall–Kier alpha value is -2.05. The molecule has 130 valence electrons. The summed E-state index contributed by atoms with van der Waals surface area (Å²) < 4.78 is 23.8. The lowest BCUT2D eigenvalue weighted by molar-refractivity contribution is 0.0898. The molecule has 5 nitrogen and oxygen atoms in total. The van der Waals surface area contributed by atoms with Crippen LogP contribution in [0.2, 0.25) is 0 Å². The molecule has 0 spiro atoms. The summed E-state index contributed by atoms with van der Waals surface area (Å²) in [6.07, 6.45) is 2.03. The molecular formula is C17H20ClFN2O3. The molecular weight excluding hydrogens is 335 g/mol. The van der Waals surface area contributed by atoms with Crippen LogP contribution in [0.1, 0.15) is 29.2 Å². The second-order valence-electron chi connectivity index (χ2n) is 5.53. The molecule has 1 aliphatic heterocycles. The van der Waals surface area contributed by atoms with Gasteiger partial charge >= 0.3 is 0 Å². The molecule has 3 rings (SSSR count). The third kappa shape index (κ3) is 4.97. The van der Waals surface area contributed by atoms with E-state index in [1.54, 1.807) is 24.3 Å². The van der Waals surface area contributed by atoms with Crippen LogP contribution < -0.4 is 15.4 Å². The summed E-state index contributed by atoms with van der Waals surface area (Å²) in [4.78, 5) is 12.1. The van der Waals surface area contributed by atoms with Gasteiger partial charge in [-0.3, -0.25) is 4.79 Å². The van der Waals surface area contributed by atoms with Crippen molar-refractivity contribution in [2.24, 2.45) is 0 Å². The largest absolute Gasteiger partial charge is 0.486 e. The van der Waals surface area contributed by atoms with E-state index in [4.69, 9.17) is 9.15 Å². The Balaban J connectivity index is 0.00000208. The fraction of sp³-hybridized carbons (Fsp3) is 0.353. The van der Waals surface area contributed by atoms with Crippen molar-refractivity contribution in [2.45, 2.75) is 25.5 Å². The lowest BCUT2D eigenvalue weighted by Gasteiger charge is -2.23. The number of nitrogens with one attached hydrogen (secondary N) is 2. The highest BCUT2D eigenvalue weighted by Crippen LogP contribution is 2.15. The molecule has 1 fully saturated rings. The molecule has 2 aromatic rings. The molecule has 1 atom stereocenters. The Labute approximate surface area is 146 Å². The fourth-order valence-corrected chi connectivity index (χ4v) is 2.49. The first-order chi connectivity index (χ1) is 11.2. The number of hydrogen-bond donors (Lipinski definition) is 2. The molecule has 1 saturated heterocycles. The highest BCUT2D eigenvalue weighted by atomic mass is 35.5. The number of hydrogen-bond acceptors (Lipinski definition) is 4. The average Bonchev–Trinajstić information content (AvgIpc) is 3.04. The van der Waals surface area contributed by atoms with Gasteiger partial charge in [-0.2, -0.15) is 0 Å². The lowest BCUT2D eigenvalue weighted by Crippen LogP contribution is -2.45. The molecule has 1 aliphatic rings. The van der Waals surface area contributed by atoms with Crippen LogP contribution in [0.5, 0.6) is 5.75 Å². The average molecular weight is 355 g/mol. The maximum atomic E-state index is 12.8. The maximum Gasteiger partial charge on any atom is 0.287 e. The van der Waals surface area contributed by atoms with E-state index in [1.165, 1.54) is 12.1 Å². The number of carbonyl (C=O) groups is 1. The molecule has 24 heavy (non-hydrogen) atoms. The van der Waals surface area contributed by atoms with Crippen molar-refractivity contribution in [2.75, 3.05) is 13.1 Å². The highest BCUT2D eigenvalue weighted by Gasteiger charge is 2.18. The Morgan fingerprint density at radius 1 is 1.29 bits per heavy atom. The zero-order valence-corrected chi connectivity index (χ0v) is 13.9. The van der Waals surface area contributed by atoms with E-state index in [0.29, 0.717) is 11.5 Å². The van der Waals surface area contributed by atoms with E-state index in [0.717, 1.165) is 25.9 Å². The monoisotopic (exact) mass is 354 g/mol. The van der Waals surface area contributed by atoms with Crippen molar-refractivity contribution in [3.05, 3.63) is 53.7 Å². The second kappa shape index (κ2) is 8.70. The standard InChI is InChI=1S/C17H19FN2O3.ClH/c18-12-3-5-14(6-4-12)22-11-15-7-8-16(23-15)17(21)20-13-2-1-9-19-10-13;/h3-8,13,19H,1-2,9-11H2,(H,20,21);1H/t13-;/m0./s1. The van der Waals surface area contributed by atoms with Crippen LogP contribution in [-0.4, -0.2) is 25.0 Å². The number of amides is 1. The fourth-order valence-electron chi connectivity index (χ4n) is 2.49. The van der Waals surface area contributed by atoms with Crippen molar-refractivity contribution >= 4 is 18.3 Å². The number of furan rings is 1. The smallest absolute Gasteiger partial charge is 0.287 e. The van der Waals surface area contributed by atoms with Crippen molar-refractivity contribution < 1.29 is 18.3 Å². The summed E-state index contributed by atoms with van der Waals surface area (Å²) in [5.74, 6) is 0.829. The van der Waals surface area contributed by atoms with E-state index in [9.17, 15) is 9.18 Å². The predicted molar refractivity (Wildman–Crippen MR) is 90.0 cm³/mol. The molecule has 0 saturated carbocycles. The number of piperidine rings is 1. The van der Waals surface area contributed by atoms with Gasteiger partial charge in [-0.1, -0.05) is 0 Å². The van der Waals surface area contributed by atoms with Crippen LogP contribution in [-0.2, 0) is 6.61 Å². The van der Waals surface area contributed by atoms with Crippen LogP contribution in [0.4, 0.5) is 4.39 Å². The van der Waals surface area contributed by atoms with Crippen molar-refractivity contribution in [1.29, 1.82) is 0 Å². The van der Waals surface area contributed by atoms with Gasteiger partial charge in [0.1, 0.15) is 23.9 Å². The van der Waals surface area contributed by atoms with Crippen LogP contribution in [0.15, 0.2) is 40.8 Å². The normalized spacial score (nSPS) is 17.0. The molecule has 2 N–H and O–H groups in total. The summed E-state index contributed by atoms with van der Waals surface area (Å²) in [6.45, 7) is 1.97. The van der Waals surface area contributed by atoms with Gasteiger partial charge in [0.25, 0.3) is 5.91 Å². The molecule has 2 heterocycles. The SMILES string of the molecule is Cl.O=C(N[C@H]1CCCNC1)c1ccc(COc2ccc(F)cc2)o1. The number of rotatable bonds is 5. The van der Waals surface area contributed by atoms with Crippen LogP contribution in [0.3, 0.4) is 0 Å². The van der Waals surface area contributed by atoms with E-state index in [2.05, 4.69) is 10.6 Å². The summed E-state index contributed by atoms with van der Waals surface area (Å²) in [5.41, 5.74) is 0. The Morgan fingerprint density at radius 3 is 2.79 bits per heavy atom. The molecule has 0 radical (unpaired) electrons. The minimum Gasteiger partial charge on any atom is -0.486 e. The van der Waals surface area contributed by atoms with Crippen molar-refractivity contribution in [3.8, 4) is 5.75 Å². The molecule has 0 bridgehead atoms. The number of halogens is 2. The zero-order valence-electron chi connectivity index (χ0n) is 13.1. The van der Waals surface area contributed by atoms with Crippen LogP contribution in [0, 0.1) is 5.82 Å². The van der Waals surface area contributed by atoms with Gasteiger partial charge in [0.2, 0.25) is 0 Å². The van der Waals surface area contributed by atoms with Gasteiger partial charge in [0.05, 0.1) is 0 Å². The topological polar surface area (TPSA) is 63.5 Å². The highest BCUT2D eigenvalue weighted by molar-refractivity contribution is 5.91. The van der Waals surface area contributed by atoms with Crippen molar-refractivity contribution in [3.63, 3.8) is 0 Å². The Kier molecular flexibility index (Phi) is 6.63. The summed E-state index contributed by atoms with van der Waals surface area (Å²) in [5, 5.41) is 6.20. The summed E-state index contributed by atoms with van der Waals surface area (Å²) in [6, 6.07) is 9.22. The van der Waals surface area contributed by atoms with E-state index in [-0.39, 0.29) is 42.5 Å². The molecule has 1 amide bonds. The van der Waals surface area contributed by atoms with Crippen molar-refractivity contribution in [1.82, 2.24) is 10.6 Å². The van der Waals surface area contributed by atoms with Crippen LogP contribution >= 0.6 is 12.4 Å². The van der Waals surface area contributed by atoms with Gasteiger partial charge in [-0.15, -0.1) is 12.4 Å². The first-order valence-corrected chi connectivity index (χ1v) is 7.69. The molecule has 1 aromatic carbocycles. The van der Waals surface area contributed by atoms with Crippen LogP contribution in [0.25, 0.3) is 0 Å². The van der Waals surface area contributed by atoms with Gasteiger partial charge in [0, 0.05) is 12.6 Å². The van der Waals surface area contributed by atoms with Gasteiger partial charge in [-0.25, -0.2) is 4.39 Å². The molecule has 0 unspecified atom stereocenters. The molecule has 1 aromatic heterocycles. The molecule has 7 heteroatoms. The first kappa shape index (κ1) is 18.3. The number of benzene rings is 1. The Bertz CT molecular complexity index is 654. The minimum atomic E-state index is -0.313. The van der Waals surface area contributed by atoms with Gasteiger partial charge < -0.3 is 19.8 Å². The maximum absolute atomic E-state index is 12.8. The number of carbonyl (C=O) groups excluding carboxylic acids is 1. The van der Waals surface area contributed by atoms with E-state index >= 15 is 0 Å². The van der Waals surface area contributed by atoms with E-state index < -0.39 is 0 Å². The second-order valence-corrected chi connectivity index (χ2v) is 5.53. The third-order valence-electron chi connectivity index (χ3n) is 3.71. The predicted octanol–water partition coefficient (Wildman–Crippen LogP) is 2.90.